The smallest absolute Gasteiger partial charge is 0.0600 e. The summed E-state index contributed by atoms with van der Waals surface area (Å²) in [6, 6.07) is 11.0. The van der Waals surface area contributed by atoms with E-state index in [0.717, 1.165) is 25.1 Å². The fourth-order valence-corrected chi connectivity index (χ4v) is 2.69. The van der Waals surface area contributed by atoms with Crippen LogP contribution in [0.2, 0.25) is 0 Å². The molecule has 0 amide bonds. The van der Waals surface area contributed by atoms with Crippen LogP contribution in [0, 0.1) is 0 Å². The third-order valence-electron chi connectivity index (χ3n) is 3.66. The highest BCUT2D eigenvalue weighted by Crippen LogP contribution is 2.31. The molecule has 18 heavy (non-hydrogen) atoms. The first-order valence-corrected chi connectivity index (χ1v) is 6.41. The van der Waals surface area contributed by atoms with Gasteiger partial charge >= 0.3 is 0 Å². The van der Waals surface area contributed by atoms with Gasteiger partial charge in [0.15, 0.2) is 0 Å². The molecular weight excluding hydrogens is 224 g/mol. The summed E-state index contributed by atoms with van der Waals surface area (Å²) in [5, 5.41) is 7.04. The van der Waals surface area contributed by atoms with Crippen molar-refractivity contribution in [1.82, 2.24) is 10.2 Å². The second kappa shape index (κ2) is 4.82. The van der Waals surface area contributed by atoms with Gasteiger partial charge in [-0.3, -0.25) is 5.10 Å². The number of para-hydroxylation sites is 1. The molecule has 0 fully saturated rings. The lowest BCUT2D eigenvalue weighted by molar-refractivity contribution is 0.528. The van der Waals surface area contributed by atoms with E-state index in [2.05, 4.69) is 39.4 Å². The third kappa shape index (κ3) is 1.99. The van der Waals surface area contributed by atoms with Crippen LogP contribution in [0.3, 0.4) is 0 Å². The van der Waals surface area contributed by atoms with Crippen LogP contribution in [0.25, 0.3) is 0 Å². The number of hydrogen-bond donors (Lipinski definition) is 2. The number of aryl methyl sites for hydroxylation is 1. The lowest BCUT2D eigenvalue weighted by atomic mass is 9.95. The molecule has 1 aliphatic heterocycles. The predicted octanol–water partition coefficient (Wildman–Crippen LogP) is 1.69. The number of H-pyrrole nitrogens is 1. The van der Waals surface area contributed by atoms with Crippen molar-refractivity contribution in [3.8, 4) is 0 Å². The second-order valence-electron chi connectivity index (χ2n) is 4.77. The Morgan fingerprint density at radius 2 is 2.22 bits per heavy atom. The SMILES string of the molecule is NCC1CCc2ccccc2N1Cc1ccn[nH]1. The Labute approximate surface area is 107 Å². The lowest BCUT2D eigenvalue weighted by Gasteiger charge is -2.38. The molecule has 4 nitrogen and oxygen atoms in total. The zero-order chi connectivity index (χ0) is 12.4. The number of nitrogens with zero attached hydrogens (tertiary/aromatic N) is 2. The Morgan fingerprint density at radius 1 is 1.33 bits per heavy atom. The van der Waals surface area contributed by atoms with Gasteiger partial charge in [-0.05, 0) is 30.5 Å². The number of nitrogens with two attached hydrogens (primary N) is 1. The Bertz CT molecular complexity index is 506. The number of hydrogen-bond acceptors (Lipinski definition) is 3. The van der Waals surface area contributed by atoms with E-state index < -0.39 is 0 Å². The predicted molar refractivity (Wildman–Crippen MR) is 72.4 cm³/mol. The van der Waals surface area contributed by atoms with Crippen LogP contribution in [0.5, 0.6) is 0 Å². The summed E-state index contributed by atoms with van der Waals surface area (Å²) in [7, 11) is 0. The quantitative estimate of drug-likeness (QED) is 0.861. The van der Waals surface area contributed by atoms with Crippen molar-refractivity contribution in [1.29, 1.82) is 0 Å². The Morgan fingerprint density at radius 3 is 3.00 bits per heavy atom. The fourth-order valence-electron chi connectivity index (χ4n) is 2.69. The Hall–Kier alpha value is -1.81. The normalized spacial score (nSPS) is 18.7. The molecule has 1 unspecified atom stereocenters. The first kappa shape index (κ1) is 11.3. The van der Waals surface area contributed by atoms with Gasteiger partial charge in [0.2, 0.25) is 0 Å². The number of anilines is 1. The summed E-state index contributed by atoms with van der Waals surface area (Å²) in [5.41, 5.74) is 9.77. The van der Waals surface area contributed by atoms with Crippen LogP contribution in [-0.4, -0.2) is 22.8 Å². The van der Waals surface area contributed by atoms with Gasteiger partial charge in [-0.1, -0.05) is 18.2 Å². The highest BCUT2D eigenvalue weighted by molar-refractivity contribution is 5.56. The molecule has 0 radical (unpaired) electrons. The molecular formula is C14H18N4. The maximum absolute atomic E-state index is 5.91. The summed E-state index contributed by atoms with van der Waals surface area (Å²) in [4.78, 5) is 2.40. The van der Waals surface area contributed by atoms with Gasteiger partial charge in [-0.25, -0.2) is 0 Å². The summed E-state index contributed by atoms with van der Waals surface area (Å²) < 4.78 is 0. The van der Waals surface area contributed by atoms with Crippen LogP contribution >= 0.6 is 0 Å². The maximum atomic E-state index is 5.91. The van der Waals surface area contributed by atoms with Crippen molar-refractivity contribution in [3.63, 3.8) is 0 Å². The van der Waals surface area contributed by atoms with E-state index in [0.29, 0.717) is 12.6 Å². The number of aromatic nitrogens is 2. The van der Waals surface area contributed by atoms with E-state index in [9.17, 15) is 0 Å². The summed E-state index contributed by atoms with van der Waals surface area (Å²) in [5.74, 6) is 0. The molecule has 0 aliphatic carbocycles. The monoisotopic (exact) mass is 242 g/mol. The zero-order valence-corrected chi connectivity index (χ0v) is 10.3. The molecule has 1 atom stereocenters. The average Bonchev–Trinajstić information content (AvgIpc) is 2.92. The third-order valence-corrected chi connectivity index (χ3v) is 3.66. The van der Waals surface area contributed by atoms with Crippen LogP contribution in [0.4, 0.5) is 5.69 Å². The number of rotatable bonds is 3. The standard InChI is InChI=1S/C14H18N4/c15-9-13-6-5-11-3-1-2-4-14(11)18(13)10-12-7-8-16-17-12/h1-4,7-8,13H,5-6,9-10,15H2,(H,16,17). The number of benzene rings is 1. The molecule has 2 aromatic rings. The minimum absolute atomic E-state index is 0.420. The van der Waals surface area contributed by atoms with Gasteiger partial charge in [0.1, 0.15) is 0 Å². The molecule has 0 saturated heterocycles. The first-order chi connectivity index (χ1) is 8.88. The van der Waals surface area contributed by atoms with E-state index in [4.69, 9.17) is 5.73 Å². The summed E-state index contributed by atoms with van der Waals surface area (Å²) in [6.45, 7) is 1.54. The van der Waals surface area contributed by atoms with E-state index in [1.54, 1.807) is 6.20 Å². The van der Waals surface area contributed by atoms with Crippen LogP contribution in [0.1, 0.15) is 17.7 Å². The molecule has 1 aromatic carbocycles. The summed E-state index contributed by atoms with van der Waals surface area (Å²) in [6.07, 6.45) is 4.04. The molecule has 0 spiro atoms. The Balaban J connectivity index is 1.93. The van der Waals surface area contributed by atoms with Gasteiger partial charge in [-0.2, -0.15) is 5.10 Å². The number of aromatic amines is 1. The minimum Gasteiger partial charge on any atom is -0.361 e. The van der Waals surface area contributed by atoms with E-state index >= 15 is 0 Å². The molecule has 2 heterocycles. The van der Waals surface area contributed by atoms with Crippen LogP contribution in [-0.2, 0) is 13.0 Å². The average molecular weight is 242 g/mol. The van der Waals surface area contributed by atoms with Crippen molar-refractivity contribution in [2.45, 2.75) is 25.4 Å². The van der Waals surface area contributed by atoms with Crippen molar-refractivity contribution >= 4 is 5.69 Å². The highest BCUT2D eigenvalue weighted by Gasteiger charge is 2.25. The molecule has 4 heteroatoms. The van der Waals surface area contributed by atoms with Gasteiger partial charge in [0.25, 0.3) is 0 Å². The van der Waals surface area contributed by atoms with Crippen molar-refractivity contribution in [2.75, 3.05) is 11.4 Å². The number of fused-ring (bicyclic) bond motifs is 1. The van der Waals surface area contributed by atoms with E-state index in [1.165, 1.54) is 11.3 Å². The van der Waals surface area contributed by atoms with Crippen molar-refractivity contribution in [3.05, 3.63) is 47.8 Å². The van der Waals surface area contributed by atoms with Gasteiger partial charge < -0.3 is 10.6 Å². The van der Waals surface area contributed by atoms with Gasteiger partial charge in [-0.15, -0.1) is 0 Å². The fraction of sp³-hybridized carbons (Fsp3) is 0.357. The van der Waals surface area contributed by atoms with Crippen molar-refractivity contribution < 1.29 is 0 Å². The minimum atomic E-state index is 0.420. The summed E-state index contributed by atoms with van der Waals surface area (Å²) >= 11 is 0. The van der Waals surface area contributed by atoms with E-state index in [1.807, 2.05) is 6.07 Å². The number of nitrogens with one attached hydrogen (secondary N) is 1. The molecule has 0 bridgehead atoms. The van der Waals surface area contributed by atoms with Crippen LogP contribution < -0.4 is 10.6 Å². The molecule has 3 N–H and O–H groups in total. The largest absolute Gasteiger partial charge is 0.361 e. The van der Waals surface area contributed by atoms with Gasteiger partial charge in [0, 0.05) is 24.5 Å². The maximum Gasteiger partial charge on any atom is 0.0600 e. The molecule has 3 rings (SSSR count). The Kier molecular flexibility index (Phi) is 3.02. The van der Waals surface area contributed by atoms with Gasteiger partial charge in [0.05, 0.1) is 12.2 Å². The zero-order valence-electron chi connectivity index (χ0n) is 10.3. The first-order valence-electron chi connectivity index (χ1n) is 6.41. The second-order valence-corrected chi connectivity index (χ2v) is 4.77. The molecule has 94 valence electrons. The molecule has 1 aromatic heterocycles. The van der Waals surface area contributed by atoms with Crippen LogP contribution in [0.15, 0.2) is 36.5 Å². The molecule has 1 aliphatic rings. The van der Waals surface area contributed by atoms with E-state index in [-0.39, 0.29) is 0 Å². The molecule has 0 saturated carbocycles. The topological polar surface area (TPSA) is 57.9 Å². The lowest BCUT2D eigenvalue weighted by Crippen LogP contribution is -2.43. The highest BCUT2D eigenvalue weighted by atomic mass is 15.2. The van der Waals surface area contributed by atoms with Crippen molar-refractivity contribution in [2.24, 2.45) is 5.73 Å².